The monoisotopic (exact) mass is 238 g/mol. The molecular formula is C12H18N2OS. The van der Waals surface area contributed by atoms with Crippen LogP contribution in [0.2, 0.25) is 0 Å². The van der Waals surface area contributed by atoms with E-state index in [1.807, 2.05) is 11.6 Å². The molecule has 0 radical (unpaired) electrons. The molecule has 0 bridgehead atoms. The minimum absolute atomic E-state index is 0.302. The lowest BCUT2D eigenvalue weighted by molar-refractivity contribution is -0.118. The zero-order chi connectivity index (χ0) is 11.4. The number of nitrogens with zero attached hydrogens (tertiary/aromatic N) is 2. The van der Waals surface area contributed by atoms with Crippen molar-refractivity contribution in [2.45, 2.75) is 45.2 Å². The Morgan fingerprint density at radius 2 is 2.50 bits per heavy atom. The molecule has 1 saturated heterocycles. The quantitative estimate of drug-likeness (QED) is 0.808. The summed E-state index contributed by atoms with van der Waals surface area (Å²) in [4.78, 5) is 18.0. The Morgan fingerprint density at radius 1 is 1.62 bits per heavy atom. The van der Waals surface area contributed by atoms with Crippen LogP contribution in [0.3, 0.4) is 0 Å². The van der Waals surface area contributed by atoms with Gasteiger partial charge < -0.3 is 0 Å². The first-order chi connectivity index (χ1) is 7.75. The van der Waals surface area contributed by atoms with Crippen molar-refractivity contribution in [1.29, 1.82) is 0 Å². The number of carbonyl (C=O) groups is 1. The maximum atomic E-state index is 11.2. The Hall–Kier alpha value is -0.740. The van der Waals surface area contributed by atoms with Crippen LogP contribution in [0.4, 0.5) is 0 Å². The van der Waals surface area contributed by atoms with E-state index in [1.165, 1.54) is 12.8 Å². The SMILES string of the molecule is CC(=O)CC1CCCCN1Cc1nccs1. The highest BCUT2D eigenvalue weighted by Gasteiger charge is 2.23. The average molecular weight is 238 g/mol. The summed E-state index contributed by atoms with van der Waals surface area (Å²) in [6, 6.07) is 0.440. The van der Waals surface area contributed by atoms with E-state index in [4.69, 9.17) is 0 Å². The van der Waals surface area contributed by atoms with Gasteiger partial charge in [0, 0.05) is 24.0 Å². The number of piperidine rings is 1. The van der Waals surface area contributed by atoms with Gasteiger partial charge in [0.05, 0.1) is 6.54 Å². The molecule has 1 aromatic rings. The molecule has 2 heterocycles. The average Bonchev–Trinajstić information content (AvgIpc) is 2.73. The number of likely N-dealkylation sites (tertiary alicyclic amines) is 1. The molecule has 88 valence electrons. The largest absolute Gasteiger partial charge is 0.300 e. The van der Waals surface area contributed by atoms with Crippen molar-refractivity contribution in [1.82, 2.24) is 9.88 Å². The fourth-order valence-corrected chi connectivity index (χ4v) is 2.98. The first-order valence-electron chi connectivity index (χ1n) is 5.87. The summed E-state index contributed by atoms with van der Waals surface area (Å²) in [6.45, 7) is 3.71. The van der Waals surface area contributed by atoms with Crippen molar-refractivity contribution in [2.75, 3.05) is 6.54 Å². The molecule has 1 fully saturated rings. The van der Waals surface area contributed by atoms with Crippen molar-refractivity contribution in [3.63, 3.8) is 0 Å². The van der Waals surface area contributed by atoms with Crippen LogP contribution in [0.5, 0.6) is 0 Å². The van der Waals surface area contributed by atoms with Gasteiger partial charge in [0.2, 0.25) is 0 Å². The number of hydrogen-bond donors (Lipinski definition) is 0. The van der Waals surface area contributed by atoms with E-state index in [-0.39, 0.29) is 0 Å². The van der Waals surface area contributed by atoms with E-state index in [1.54, 1.807) is 18.3 Å². The highest BCUT2D eigenvalue weighted by atomic mass is 32.1. The lowest BCUT2D eigenvalue weighted by Crippen LogP contribution is -2.39. The van der Waals surface area contributed by atoms with E-state index >= 15 is 0 Å². The lowest BCUT2D eigenvalue weighted by Gasteiger charge is -2.34. The van der Waals surface area contributed by atoms with Crippen LogP contribution in [-0.4, -0.2) is 28.3 Å². The molecule has 1 atom stereocenters. The van der Waals surface area contributed by atoms with Crippen molar-refractivity contribution in [3.8, 4) is 0 Å². The van der Waals surface area contributed by atoms with Gasteiger partial charge in [-0.3, -0.25) is 9.69 Å². The molecule has 0 saturated carbocycles. The van der Waals surface area contributed by atoms with Crippen molar-refractivity contribution < 1.29 is 4.79 Å². The summed E-state index contributed by atoms with van der Waals surface area (Å²) < 4.78 is 0. The molecule has 0 amide bonds. The Balaban J connectivity index is 1.96. The Labute approximate surface area is 100 Å². The number of ketones is 1. The summed E-state index contributed by atoms with van der Waals surface area (Å²) in [5, 5.41) is 3.18. The van der Waals surface area contributed by atoms with Crippen LogP contribution in [0.25, 0.3) is 0 Å². The summed E-state index contributed by atoms with van der Waals surface area (Å²) in [6.07, 6.45) is 6.21. The van der Waals surface area contributed by atoms with Gasteiger partial charge in [-0.2, -0.15) is 0 Å². The molecule has 0 N–H and O–H groups in total. The summed E-state index contributed by atoms with van der Waals surface area (Å²) in [5.74, 6) is 0.302. The smallest absolute Gasteiger partial charge is 0.131 e. The van der Waals surface area contributed by atoms with Gasteiger partial charge in [0.1, 0.15) is 10.8 Å². The second kappa shape index (κ2) is 5.55. The highest BCUT2D eigenvalue weighted by Crippen LogP contribution is 2.22. The van der Waals surface area contributed by atoms with Crippen LogP contribution in [0.15, 0.2) is 11.6 Å². The molecular weight excluding hydrogens is 220 g/mol. The molecule has 16 heavy (non-hydrogen) atoms. The second-order valence-electron chi connectivity index (χ2n) is 4.45. The molecule has 0 aromatic carbocycles. The third-order valence-corrected chi connectivity index (χ3v) is 3.86. The van der Waals surface area contributed by atoms with E-state index in [9.17, 15) is 4.79 Å². The normalized spacial score (nSPS) is 22.2. The summed E-state index contributed by atoms with van der Waals surface area (Å²) >= 11 is 1.70. The van der Waals surface area contributed by atoms with E-state index in [0.29, 0.717) is 18.2 Å². The van der Waals surface area contributed by atoms with Crippen molar-refractivity contribution >= 4 is 17.1 Å². The van der Waals surface area contributed by atoms with Gasteiger partial charge in [-0.1, -0.05) is 6.42 Å². The molecule has 0 aliphatic carbocycles. The highest BCUT2D eigenvalue weighted by molar-refractivity contribution is 7.09. The third-order valence-electron chi connectivity index (χ3n) is 3.09. The Morgan fingerprint density at radius 3 is 3.19 bits per heavy atom. The molecule has 2 rings (SSSR count). The molecule has 3 nitrogen and oxygen atoms in total. The first kappa shape index (κ1) is 11.7. The zero-order valence-electron chi connectivity index (χ0n) is 9.69. The van der Waals surface area contributed by atoms with Crippen molar-refractivity contribution in [3.05, 3.63) is 16.6 Å². The molecule has 4 heteroatoms. The minimum Gasteiger partial charge on any atom is -0.300 e. The molecule has 1 aromatic heterocycles. The third kappa shape index (κ3) is 3.12. The maximum absolute atomic E-state index is 11.2. The lowest BCUT2D eigenvalue weighted by atomic mass is 9.98. The number of aromatic nitrogens is 1. The summed E-state index contributed by atoms with van der Waals surface area (Å²) in [5.41, 5.74) is 0. The molecule has 1 unspecified atom stereocenters. The number of carbonyl (C=O) groups excluding carboxylic acids is 1. The first-order valence-corrected chi connectivity index (χ1v) is 6.75. The standard InChI is InChI=1S/C12H18N2OS/c1-10(15)8-11-4-2-3-6-14(11)9-12-13-5-7-16-12/h5,7,11H,2-4,6,8-9H2,1H3. The van der Waals surface area contributed by atoms with Crippen LogP contribution in [0, 0.1) is 0 Å². The van der Waals surface area contributed by atoms with Crippen molar-refractivity contribution in [2.24, 2.45) is 0 Å². The van der Waals surface area contributed by atoms with Gasteiger partial charge in [-0.15, -0.1) is 11.3 Å². The predicted molar refractivity (Wildman–Crippen MR) is 65.5 cm³/mol. The van der Waals surface area contributed by atoms with Gasteiger partial charge in [0.25, 0.3) is 0 Å². The molecule has 0 spiro atoms. The second-order valence-corrected chi connectivity index (χ2v) is 5.43. The predicted octanol–water partition coefficient (Wildman–Crippen LogP) is 2.48. The topological polar surface area (TPSA) is 33.2 Å². The van der Waals surface area contributed by atoms with Crippen LogP contribution >= 0.6 is 11.3 Å². The minimum atomic E-state index is 0.302. The van der Waals surface area contributed by atoms with E-state index in [2.05, 4.69) is 9.88 Å². The van der Waals surface area contributed by atoms with Gasteiger partial charge in [-0.25, -0.2) is 4.98 Å². The van der Waals surface area contributed by atoms with Crippen LogP contribution < -0.4 is 0 Å². The zero-order valence-corrected chi connectivity index (χ0v) is 10.5. The van der Waals surface area contributed by atoms with E-state index < -0.39 is 0 Å². The number of Topliss-reactive ketones (excluding diaryl/α,β-unsaturated/α-hetero) is 1. The number of thiazole rings is 1. The fourth-order valence-electron chi connectivity index (χ4n) is 2.34. The summed E-state index contributed by atoms with van der Waals surface area (Å²) in [7, 11) is 0. The number of hydrogen-bond acceptors (Lipinski definition) is 4. The molecule has 1 aliphatic rings. The number of rotatable bonds is 4. The van der Waals surface area contributed by atoms with Gasteiger partial charge in [-0.05, 0) is 26.3 Å². The van der Waals surface area contributed by atoms with Gasteiger partial charge in [0.15, 0.2) is 0 Å². The Kier molecular flexibility index (Phi) is 4.07. The fraction of sp³-hybridized carbons (Fsp3) is 0.667. The van der Waals surface area contributed by atoms with E-state index in [0.717, 1.165) is 24.5 Å². The Bertz CT molecular complexity index is 337. The van der Waals surface area contributed by atoms with Gasteiger partial charge >= 0.3 is 0 Å². The molecule has 1 aliphatic heterocycles. The maximum Gasteiger partial charge on any atom is 0.131 e. The van der Waals surface area contributed by atoms with Crippen LogP contribution in [-0.2, 0) is 11.3 Å². The van der Waals surface area contributed by atoms with Crippen LogP contribution in [0.1, 0.15) is 37.6 Å².